The first-order chi connectivity index (χ1) is 2.81. The molecule has 0 fully saturated rings. The summed E-state index contributed by atoms with van der Waals surface area (Å²) in [6.45, 7) is 9.68. The van der Waals surface area contributed by atoms with Crippen LogP contribution in [0.5, 0.6) is 0 Å². The van der Waals surface area contributed by atoms with Gasteiger partial charge < -0.3 is 0 Å². The van der Waals surface area contributed by atoms with Gasteiger partial charge in [0.25, 0.3) is 0 Å². The summed E-state index contributed by atoms with van der Waals surface area (Å²) in [4.78, 5) is 0. The molecule has 0 aliphatic carbocycles. The second-order valence-corrected chi connectivity index (χ2v) is 1.58. The van der Waals surface area contributed by atoms with Gasteiger partial charge in [-0.25, -0.2) is 0 Å². The molecule has 0 aliphatic heterocycles. The highest BCUT2D eigenvalue weighted by Gasteiger charge is 1.89. The van der Waals surface area contributed by atoms with Crippen LogP contribution in [0.2, 0.25) is 0 Å². The van der Waals surface area contributed by atoms with Crippen LogP contribution in [0.3, 0.4) is 0 Å². The monoisotopic (exact) mass is 84.1 g/mol. The van der Waals surface area contributed by atoms with Gasteiger partial charge in [-0.05, 0) is 12.8 Å². The van der Waals surface area contributed by atoms with Crippen molar-refractivity contribution >= 4 is 0 Å². The van der Waals surface area contributed by atoms with Crippen LogP contribution in [0.1, 0.15) is 26.7 Å². The molecule has 0 aromatic carbocycles. The van der Waals surface area contributed by atoms with Crippen molar-refractivity contribution in [3.05, 3.63) is 6.92 Å². The summed E-state index contributed by atoms with van der Waals surface area (Å²) < 4.78 is 0. The first kappa shape index (κ1) is 6.00. The summed E-state index contributed by atoms with van der Waals surface area (Å²) in [5.74, 6) is 0.435. The van der Waals surface area contributed by atoms with Crippen molar-refractivity contribution in [2.75, 3.05) is 0 Å². The Bertz CT molecular complexity index is 19.2. The lowest BCUT2D eigenvalue weighted by Gasteiger charge is -1.98. The molecule has 0 amide bonds. The third-order valence-corrected chi connectivity index (χ3v) is 1.05. The Balaban J connectivity index is 2.75. The van der Waals surface area contributed by atoms with E-state index >= 15 is 0 Å². The van der Waals surface area contributed by atoms with Gasteiger partial charge in [0.15, 0.2) is 0 Å². The standard InChI is InChI=1S/C6H12/c1-4-6(3)5-2/h3,6H,4-5H2,1-2H3. The molecule has 0 heteroatoms. The minimum Gasteiger partial charge on any atom is -0.0651 e. The second-order valence-electron chi connectivity index (χ2n) is 1.58. The Morgan fingerprint density at radius 3 is 1.67 bits per heavy atom. The Morgan fingerprint density at radius 1 is 1.33 bits per heavy atom. The molecule has 0 rings (SSSR count). The molecule has 0 aromatic rings. The maximum atomic E-state index is 5.47. The van der Waals surface area contributed by atoms with Crippen molar-refractivity contribution in [3.8, 4) is 0 Å². The van der Waals surface area contributed by atoms with E-state index in [0.29, 0.717) is 5.92 Å². The zero-order chi connectivity index (χ0) is 4.99. The highest BCUT2D eigenvalue weighted by Crippen LogP contribution is 2.02. The van der Waals surface area contributed by atoms with Crippen molar-refractivity contribution in [3.63, 3.8) is 0 Å². The molecule has 0 N–H and O–H groups in total. The van der Waals surface area contributed by atoms with Crippen LogP contribution in [-0.4, -0.2) is 0 Å². The van der Waals surface area contributed by atoms with Crippen molar-refractivity contribution in [1.82, 2.24) is 0 Å². The Kier molecular flexibility index (Phi) is 3.20. The molecule has 0 saturated carbocycles. The first-order valence-electron chi connectivity index (χ1n) is 2.56. The third kappa shape index (κ3) is 2.25. The molecule has 0 aromatic heterocycles. The summed E-state index contributed by atoms with van der Waals surface area (Å²) in [5, 5.41) is 0. The maximum absolute atomic E-state index is 5.47. The molecule has 0 saturated heterocycles. The average Bonchev–Trinajstić information content (AvgIpc) is 1.65. The molecule has 0 bridgehead atoms. The average molecular weight is 84.2 g/mol. The van der Waals surface area contributed by atoms with Crippen molar-refractivity contribution in [2.24, 2.45) is 5.92 Å². The van der Waals surface area contributed by atoms with Crippen molar-refractivity contribution < 1.29 is 0 Å². The van der Waals surface area contributed by atoms with E-state index in [0.717, 1.165) is 12.8 Å². The van der Waals surface area contributed by atoms with Gasteiger partial charge in [-0.1, -0.05) is 26.7 Å². The van der Waals surface area contributed by atoms with Crippen LogP contribution < -0.4 is 0 Å². The van der Waals surface area contributed by atoms with Gasteiger partial charge in [-0.2, -0.15) is 0 Å². The molecule has 6 heavy (non-hydrogen) atoms. The fraction of sp³-hybridized carbons (Fsp3) is 0.833. The van der Waals surface area contributed by atoms with Gasteiger partial charge >= 0.3 is 0 Å². The van der Waals surface area contributed by atoms with Crippen molar-refractivity contribution in [1.29, 1.82) is 0 Å². The summed E-state index contributed by atoms with van der Waals surface area (Å²) >= 11 is 0. The fourth-order valence-corrected chi connectivity index (χ4v) is 0.289. The normalized spacial score (nSPS) is 10.0. The fourth-order valence-electron chi connectivity index (χ4n) is 0.289. The number of hydrogen-bond acceptors (Lipinski definition) is 0. The van der Waals surface area contributed by atoms with E-state index in [1.54, 1.807) is 0 Å². The molecule has 36 valence electrons. The highest BCUT2D eigenvalue weighted by atomic mass is 13.9. The molecule has 2 radical (unpaired) electrons. The molecule has 0 nitrogen and oxygen atoms in total. The zero-order valence-electron chi connectivity index (χ0n) is 4.57. The number of hydrogen-bond donors (Lipinski definition) is 0. The Morgan fingerprint density at radius 2 is 1.67 bits per heavy atom. The molecule has 0 heterocycles. The largest absolute Gasteiger partial charge is 0.0651 e. The summed E-state index contributed by atoms with van der Waals surface area (Å²) in [6, 6.07) is 0. The minimum absolute atomic E-state index is 0.435. The van der Waals surface area contributed by atoms with Crippen LogP contribution in [0.15, 0.2) is 0 Å². The van der Waals surface area contributed by atoms with Crippen LogP contribution in [0.25, 0.3) is 0 Å². The van der Waals surface area contributed by atoms with Crippen LogP contribution in [-0.2, 0) is 0 Å². The van der Waals surface area contributed by atoms with Gasteiger partial charge in [-0.15, -0.1) is 0 Å². The molecular weight excluding hydrogens is 72.1 g/mol. The van der Waals surface area contributed by atoms with E-state index in [-0.39, 0.29) is 0 Å². The van der Waals surface area contributed by atoms with Crippen molar-refractivity contribution in [2.45, 2.75) is 26.7 Å². The highest BCUT2D eigenvalue weighted by molar-refractivity contribution is 4.53. The van der Waals surface area contributed by atoms with E-state index in [4.69, 9.17) is 6.92 Å². The van der Waals surface area contributed by atoms with Crippen LogP contribution in [0.4, 0.5) is 0 Å². The van der Waals surface area contributed by atoms with E-state index in [2.05, 4.69) is 13.8 Å². The molecule has 0 atom stereocenters. The minimum atomic E-state index is 0.435. The van der Waals surface area contributed by atoms with Gasteiger partial charge in [-0.3, -0.25) is 0 Å². The quantitative estimate of drug-likeness (QED) is 0.481. The van der Waals surface area contributed by atoms with E-state index in [9.17, 15) is 0 Å². The first-order valence-corrected chi connectivity index (χ1v) is 2.56. The van der Waals surface area contributed by atoms with Gasteiger partial charge in [0.05, 0.1) is 0 Å². The Hall–Kier alpha value is 0. The third-order valence-electron chi connectivity index (χ3n) is 1.05. The zero-order valence-corrected chi connectivity index (χ0v) is 4.57. The topological polar surface area (TPSA) is 0 Å². The predicted octanol–water partition coefficient (Wildman–Crippen LogP) is 2.13. The predicted molar refractivity (Wildman–Crippen MR) is 28.4 cm³/mol. The molecule has 0 aliphatic rings. The van der Waals surface area contributed by atoms with E-state index in [1.165, 1.54) is 0 Å². The Labute approximate surface area is 40.6 Å². The summed E-state index contributed by atoms with van der Waals surface area (Å²) in [6.07, 6.45) is 2.22. The number of rotatable bonds is 2. The molecule has 0 unspecified atom stereocenters. The molecular formula is C6H12. The maximum Gasteiger partial charge on any atom is -0.0318 e. The molecule has 0 spiro atoms. The smallest absolute Gasteiger partial charge is 0.0318 e. The lowest BCUT2D eigenvalue weighted by atomic mass is 10.1. The summed E-state index contributed by atoms with van der Waals surface area (Å²) in [5.41, 5.74) is 0. The van der Waals surface area contributed by atoms with E-state index in [1.807, 2.05) is 0 Å². The van der Waals surface area contributed by atoms with Gasteiger partial charge in [0.1, 0.15) is 0 Å². The second kappa shape index (κ2) is 3.20. The lowest BCUT2D eigenvalue weighted by molar-refractivity contribution is 0.602. The van der Waals surface area contributed by atoms with Gasteiger partial charge in [0, 0.05) is 0 Å². The SMILES string of the molecule is [CH]C(CC)CC. The van der Waals surface area contributed by atoms with Crippen LogP contribution in [0, 0.1) is 12.8 Å². The van der Waals surface area contributed by atoms with Gasteiger partial charge in [0.2, 0.25) is 0 Å². The van der Waals surface area contributed by atoms with E-state index < -0.39 is 0 Å². The van der Waals surface area contributed by atoms with Crippen LogP contribution >= 0.6 is 0 Å². The summed E-state index contributed by atoms with van der Waals surface area (Å²) in [7, 11) is 0. The lowest BCUT2D eigenvalue weighted by Crippen LogP contribution is -1.85.